The van der Waals surface area contributed by atoms with Gasteiger partial charge >= 0.3 is 0 Å². The Labute approximate surface area is 251 Å². The van der Waals surface area contributed by atoms with Gasteiger partial charge in [-0.3, -0.25) is 14.0 Å². The number of amides is 1. The highest BCUT2D eigenvalue weighted by Crippen LogP contribution is 2.32. The van der Waals surface area contributed by atoms with Crippen LogP contribution in [-0.2, 0) is 16.4 Å². The number of hydrogen-bond donors (Lipinski definition) is 1. The zero-order valence-corrected chi connectivity index (χ0v) is 25.4. The minimum atomic E-state index is -3.70. The number of halogens is 1. The number of rotatable bonds is 7. The molecule has 1 aromatic heterocycles. The predicted molar refractivity (Wildman–Crippen MR) is 168 cm³/mol. The Hall–Kier alpha value is -3.18. The number of anilines is 2. The molecule has 11 heteroatoms. The summed E-state index contributed by atoms with van der Waals surface area (Å²) in [6, 6.07) is 20.2. The lowest BCUT2D eigenvalue weighted by Crippen LogP contribution is -2.48. The Balaban J connectivity index is 0.00000337. The van der Waals surface area contributed by atoms with Crippen LogP contribution in [0.25, 0.3) is 10.2 Å². The number of aryl methyl sites for hydroxylation is 2. The van der Waals surface area contributed by atoms with Crippen molar-refractivity contribution >= 4 is 60.7 Å². The number of fused-ring (bicyclic) bond motifs is 2. The fourth-order valence-electron chi connectivity index (χ4n) is 5.46. The fraction of sp³-hybridized carbons (Fsp3) is 0.333. The van der Waals surface area contributed by atoms with Gasteiger partial charge in [-0.2, -0.15) is 0 Å². The summed E-state index contributed by atoms with van der Waals surface area (Å²) in [5.41, 5.74) is 4.54. The molecule has 0 atom stereocenters. The summed E-state index contributed by atoms with van der Waals surface area (Å²) >= 11 is 1.74. The van der Waals surface area contributed by atoms with Crippen molar-refractivity contribution in [1.29, 1.82) is 0 Å². The second kappa shape index (κ2) is 12.4. The third-order valence-corrected chi connectivity index (χ3v) is 10.6. The van der Waals surface area contributed by atoms with Crippen LogP contribution in [0.1, 0.15) is 27.9 Å². The number of benzene rings is 3. The van der Waals surface area contributed by atoms with Crippen LogP contribution in [0, 0.1) is 6.92 Å². The van der Waals surface area contributed by atoms with Gasteiger partial charge in [-0.1, -0.05) is 41.7 Å². The van der Waals surface area contributed by atoms with Crippen molar-refractivity contribution in [3.63, 3.8) is 0 Å². The van der Waals surface area contributed by atoms with Crippen LogP contribution in [0.5, 0.6) is 0 Å². The number of aromatic nitrogens is 1. The third kappa shape index (κ3) is 6.06. The summed E-state index contributed by atoms with van der Waals surface area (Å²) in [4.78, 5) is 22.5. The Bertz CT molecular complexity index is 1630. The van der Waals surface area contributed by atoms with Gasteiger partial charge in [-0.25, -0.2) is 13.4 Å². The smallest absolute Gasteiger partial charge is 0.264 e. The van der Waals surface area contributed by atoms with E-state index in [0.717, 1.165) is 67.5 Å². The van der Waals surface area contributed by atoms with Gasteiger partial charge in [0.2, 0.25) is 0 Å². The minimum absolute atomic E-state index is 0. The number of para-hydroxylation sites is 2. The average molecular weight is 612 g/mol. The van der Waals surface area contributed by atoms with E-state index in [2.05, 4.69) is 40.2 Å². The lowest BCUT2D eigenvalue weighted by molar-refractivity contribution is 0.0947. The fourth-order valence-corrected chi connectivity index (χ4v) is 8.09. The highest BCUT2D eigenvalue weighted by Gasteiger charge is 2.29. The molecule has 1 N–H and O–H groups in total. The number of carbonyl (C=O) groups excluding carboxylic acids is 1. The third-order valence-electron chi connectivity index (χ3n) is 7.74. The van der Waals surface area contributed by atoms with Gasteiger partial charge in [0.1, 0.15) is 0 Å². The summed E-state index contributed by atoms with van der Waals surface area (Å²) in [7, 11) is -3.70. The normalized spacial score (nSPS) is 15.8. The molecule has 0 unspecified atom stereocenters. The molecule has 8 nitrogen and oxygen atoms in total. The van der Waals surface area contributed by atoms with Crippen molar-refractivity contribution in [2.45, 2.75) is 24.7 Å². The number of thiazole rings is 1. The largest absolute Gasteiger partial charge is 0.351 e. The van der Waals surface area contributed by atoms with Crippen LogP contribution in [0.2, 0.25) is 0 Å². The number of nitrogens with zero attached hydrogens (tertiary/aromatic N) is 4. The number of carbonyl (C=O) groups is 1. The maximum Gasteiger partial charge on any atom is 0.264 e. The Kier molecular flexibility index (Phi) is 8.84. The topological polar surface area (TPSA) is 85.8 Å². The van der Waals surface area contributed by atoms with Crippen molar-refractivity contribution in [2.24, 2.45) is 0 Å². The quantitative estimate of drug-likeness (QED) is 0.326. The second-order valence-electron chi connectivity index (χ2n) is 10.3. The van der Waals surface area contributed by atoms with E-state index < -0.39 is 10.0 Å². The molecule has 3 heterocycles. The van der Waals surface area contributed by atoms with Crippen LogP contribution in [-0.4, -0.2) is 70.0 Å². The molecule has 216 valence electrons. The molecule has 0 radical (unpaired) electrons. The van der Waals surface area contributed by atoms with Crippen molar-refractivity contribution in [2.75, 3.05) is 55.0 Å². The summed E-state index contributed by atoms with van der Waals surface area (Å²) in [6.07, 6.45) is 1.66. The standard InChI is InChI=1S/C30H33N5O3S2.ClH/c1-22-6-4-10-27-28(22)32-30(39-27)34-20-18-33(19-21-34)17-15-31-29(36)24-11-13-25(14-12-24)40(37,38)35-16-5-8-23-7-2-3-9-26(23)35;/h2-4,6-7,9-14H,5,8,15-21H2,1H3,(H,31,36);1H. The van der Waals surface area contributed by atoms with Crippen LogP contribution in [0.15, 0.2) is 71.6 Å². The zero-order valence-electron chi connectivity index (χ0n) is 23.0. The second-order valence-corrected chi connectivity index (χ2v) is 13.2. The van der Waals surface area contributed by atoms with Gasteiger partial charge in [-0.05, 0) is 67.3 Å². The molecule has 2 aliphatic rings. The molecule has 0 bridgehead atoms. The molecule has 0 saturated carbocycles. The first-order valence-corrected chi connectivity index (χ1v) is 16.0. The van der Waals surface area contributed by atoms with Gasteiger partial charge in [0.15, 0.2) is 5.13 Å². The first-order chi connectivity index (χ1) is 19.4. The molecule has 3 aromatic carbocycles. The monoisotopic (exact) mass is 611 g/mol. The average Bonchev–Trinajstić information content (AvgIpc) is 3.43. The molecule has 2 aliphatic heterocycles. The van der Waals surface area contributed by atoms with E-state index in [1.54, 1.807) is 23.5 Å². The Morgan fingerprint density at radius 2 is 1.71 bits per heavy atom. The van der Waals surface area contributed by atoms with E-state index in [1.807, 2.05) is 24.3 Å². The van der Waals surface area contributed by atoms with E-state index in [9.17, 15) is 13.2 Å². The van der Waals surface area contributed by atoms with E-state index in [4.69, 9.17) is 4.98 Å². The van der Waals surface area contributed by atoms with Crippen LogP contribution >= 0.6 is 23.7 Å². The maximum atomic E-state index is 13.4. The van der Waals surface area contributed by atoms with E-state index in [0.29, 0.717) is 18.7 Å². The van der Waals surface area contributed by atoms with Crippen molar-refractivity contribution in [3.8, 4) is 0 Å². The van der Waals surface area contributed by atoms with Gasteiger partial charge in [0.05, 0.1) is 20.8 Å². The van der Waals surface area contributed by atoms with Crippen molar-refractivity contribution in [3.05, 3.63) is 83.4 Å². The van der Waals surface area contributed by atoms with Gasteiger partial charge in [0, 0.05) is 51.4 Å². The lowest BCUT2D eigenvalue weighted by atomic mass is 10.0. The molecule has 1 fully saturated rings. The molecule has 0 spiro atoms. The Morgan fingerprint density at radius 3 is 2.46 bits per heavy atom. The first kappa shape index (κ1) is 29.3. The molecule has 1 saturated heterocycles. The van der Waals surface area contributed by atoms with Crippen LogP contribution in [0.3, 0.4) is 0 Å². The molecule has 4 aromatic rings. The molecule has 6 rings (SSSR count). The zero-order chi connectivity index (χ0) is 27.7. The number of hydrogen-bond acceptors (Lipinski definition) is 7. The van der Waals surface area contributed by atoms with Crippen molar-refractivity contribution in [1.82, 2.24) is 15.2 Å². The number of sulfonamides is 1. The summed E-state index contributed by atoms with van der Waals surface area (Å²) in [5.74, 6) is -0.198. The van der Waals surface area contributed by atoms with E-state index >= 15 is 0 Å². The summed E-state index contributed by atoms with van der Waals surface area (Å²) in [5, 5.41) is 4.06. The minimum Gasteiger partial charge on any atom is -0.351 e. The maximum absolute atomic E-state index is 13.4. The van der Waals surface area contributed by atoms with Gasteiger partial charge in [0.25, 0.3) is 15.9 Å². The SMILES string of the molecule is Cc1cccc2sc(N3CCN(CCNC(=O)c4ccc(S(=O)(=O)N5CCCc6ccccc65)cc4)CC3)nc12.Cl. The highest BCUT2D eigenvalue weighted by molar-refractivity contribution is 7.92. The van der Waals surface area contributed by atoms with Gasteiger partial charge in [-0.15, -0.1) is 12.4 Å². The number of piperazine rings is 1. The summed E-state index contributed by atoms with van der Waals surface area (Å²) < 4.78 is 29.4. The molecular formula is C30H34ClN5O3S2. The summed E-state index contributed by atoms with van der Waals surface area (Å²) in [6.45, 7) is 7.49. The van der Waals surface area contributed by atoms with Crippen molar-refractivity contribution < 1.29 is 13.2 Å². The predicted octanol–water partition coefficient (Wildman–Crippen LogP) is 4.72. The highest BCUT2D eigenvalue weighted by atomic mass is 35.5. The van der Waals surface area contributed by atoms with E-state index in [-0.39, 0.29) is 23.2 Å². The van der Waals surface area contributed by atoms with Crippen LogP contribution in [0.4, 0.5) is 10.8 Å². The molecule has 41 heavy (non-hydrogen) atoms. The van der Waals surface area contributed by atoms with Gasteiger partial charge < -0.3 is 10.2 Å². The van der Waals surface area contributed by atoms with Crippen LogP contribution < -0.4 is 14.5 Å². The molecule has 0 aliphatic carbocycles. The first-order valence-electron chi connectivity index (χ1n) is 13.7. The van der Waals surface area contributed by atoms with E-state index in [1.165, 1.54) is 26.7 Å². The Morgan fingerprint density at radius 1 is 0.951 bits per heavy atom. The number of nitrogens with one attached hydrogen (secondary N) is 1. The lowest BCUT2D eigenvalue weighted by Gasteiger charge is -2.34. The molecular weight excluding hydrogens is 578 g/mol. The molecule has 1 amide bonds.